The van der Waals surface area contributed by atoms with Crippen LogP contribution in [0.1, 0.15) is 54.2 Å². The molecule has 0 aromatic heterocycles. The molecule has 184 valence electrons. The third-order valence-corrected chi connectivity index (χ3v) is 6.22. The summed E-state index contributed by atoms with van der Waals surface area (Å²) in [5.74, 6) is 1.72. The van der Waals surface area contributed by atoms with Crippen LogP contribution in [0.25, 0.3) is 0 Å². The summed E-state index contributed by atoms with van der Waals surface area (Å²) in [7, 11) is 3.28. The summed E-state index contributed by atoms with van der Waals surface area (Å²) in [6.45, 7) is 6.29. The van der Waals surface area contributed by atoms with E-state index in [0.29, 0.717) is 36.0 Å². The van der Waals surface area contributed by atoms with Crippen LogP contribution in [0.2, 0.25) is 0 Å². The number of fused-ring (bicyclic) bond motifs is 1. The second kappa shape index (κ2) is 12.5. The number of nitrogens with zero attached hydrogens (tertiary/aromatic N) is 1. The van der Waals surface area contributed by atoms with Crippen molar-refractivity contribution in [2.75, 3.05) is 40.5 Å². The van der Waals surface area contributed by atoms with Crippen molar-refractivity contribution in [1.82, 2.24) is 10.2 Å². The molecular formula is C26H34N2O5S. The molecule has 3 rings (SSSR count). The van der Waals surface area contributed by atoms with Gasteiger partial charge >= 0.3 is 5.97 Å². The highest BCUT2D eigenvalue weighted by Crippen LogP contribution is 2.38. The zero-order chi connectivity index (χ0) is 24.5. The van der Waals surface area contributed by atoms with Crippen LogP contribution < -0.4 is 19.5 Å². The van der Waals surface area contributed by atoms with E-state index in [1.165, 1.54) is 5.56 Å². The van der Waals surface area contributed by atoms with Crippen molar-refractivity contribution >= 4 is 23.3 Å². The van der Waals surface area contributed by atoms with Crippen molar-refractivity contribution in [1.29, 1.82) is 0 Å². The predicted octanol–water partition coefficient (Wildman–Crippen LogP) is 4.53. The smallest absolute Gasteiger partial charge is 0.338 e. The van der Waals surface area contributed by atoms with Gasteiger partial charge in [0.05, 0.1) is 32.4 Å². The first-order valence-electron chi connectivity index (χ1n) is 11.7. The van der Waals surface area contributed by atoms with E-state index in [4.69, 9.17) is 31.2 Å². The number of rotatable bonds is 10. The van der Waals surface area contributed by atoms with Crippen LogP contribution in [0, 0.1) is 0 Å². The summed E-state index contributed by atoms with van der Waals surface area (Å²) in [4.78, 5) is 14.1. The van der Waals surface area contributed by atoms with Crippen molar-refractivity contribution in [3.05, 3.63) is 53.1 Å². The molecule has 8 heteroatoms. The van der Waals surface area contributed by atoms with Gasteiger partial charge in [-0.3, -0.25) is 0 Å². The van der Waals surface area contributed by atoms with E-state index in [-0.39, 0.29) is 12.0 Å². The molecule has 0 amide bonds. The van der Waals surface area contributed by atoms with Gasteiger partial charge in [0.1, 0.15) is 12.4 Å². The summed E-state index contributed by atoms with van der Waals surface area (Å²) in [6, 6.07) is 11.0. The van der Waals surface area contributed by atoms with Crippen LogP contribution in [-0.4, -0.2) is 56.5 Å². The van der Waals surface area contributed by atoms with Crippen LogP contribution in [0.3, 0.4) is 0 Å². The Labute approximate surface area is 207 Å². The summed E-state index contributed by atoms with van der Waals surface area (Å²) >= 11 is 5.76. The first-order chi connectivity index (χ1) is 16.5. The van der Waals surface area contributed by atoms with E-state index in [1.807, 2.05) is 12.1 Å². The number of hydrogen-bond donors (Lipinski definition) is 1. The van der Waals surface area contributed by atoms with E-state index < -0.39 is 0 Å². The molecule has 0 radical (unpaired) electrons. The lowest BCUT2D eigenvalue weighted by molar-refractivity contribution is 0.0526. The highest BCUT2D eigenvalue weighted by Gasteiger charge is 2.31. The Kier molecular flexibility index (Phi) is 9.39. The lowest BCUT2D eigenvalue weighted by Gasteiger charge is -2.39. The molecule has 0 saturated heterocycles. The number of methoxy groups -OCH3 is 2. The van der Waals surface area contributed by atoms with E-state index in [2.05, 4.69) is 17.1 Å². The van der Waals surface area contributed by atoms with E-state index in [1.54, 1.807) is 45.4 Å². The van der Waals surface area contributed by atoms with E-state index >= 15 is 0 Å². The largest absolute Gasteiger partial charge is 0.493 e. The average Bonchev–Trinajstić information content (AvgIpc) is 2.86. The minimum Gasteiger partial charge on any atom is -0.493 e. The van der Waals surface area contributed by atoms with Gasteiger partial charge in [0.25, 0.3) is 0 Å². The highest BCUT2D eigenvalue weighted by molar-refractivity contribution is 7.80. The third-order valence-electron chi connectivity index (χ3n) is 5.84. The maximum Gasteiger partial charge on any atom is 0.338 e. The normalized spacial score (nSPS) is 14.7. The van der Waals surface area contributed by atoms with Crippen molar-refractivity contribution < 1.29 is 23.7 Å². The Morgan fingerprint density at radius 3 is 2.47 bits per heavy atom. The lowest BCUT2D eigenvalue weighted by atomic mass is 9.92. The number of hydrogen-bond acceptors (Lipinski definition) is 6. The maximum absolute atomic E-state index is 11.9. The fourth-order valence-electron chi connectivity index (χ4n) is 4.00. The monoisotopic (exact) mass is 486 g/mol. The molecule has 2 aromatic rings. The van der Waals surface area contributed by atoms with Gasteiger partial charge in [-0.15, -0.1) is 0 Å². The van der Waals surface area contributed by atoms with E-state index in [9.17, 15) is 4.79 Å². The highest BCUT2D eigenvalue weighted by atomic mass is 32.1. The van der Waals surface area contributed by atoms with Gasteiger partial charge in [-0.05, 0) is 79.5 Å². The first kappa shape index (κ1) is 25.6. The number of benzene rings is 2. The minimum atomic E-state index is -0.342. The molecule has 2 aromatic carbocycles. The molecule has 1 aliphatic rings. The van der Waals surface area contributed by atoms with E-state index in [0.717, 1.165) is 43.0 Å². The number of ether oxygens (including phenoxy) is 4. The van der Waals surface area contributed by atoms with Crippen LogP contribution in [0.4, 0.5) is 0 Å². The van der Waals surface area contributed by atoms with Crippen molar-refractivity contribution in [2.24, 2.45) is 0 Å². The second-order valence-electron chi connectivity index (χ2n) is 8.01. The van der Waals surface area contributed by atoms with Gasteiger partial charge in [-0.1, -0.05) is 13.3 Å². The standard InChI is InChI=1S/C26H34N2O5S/c1-5-7-13-27-26(34)28-14-12-19-15-23(30-3)24(31-4)16-21(19)22(28)17-33-20-10-8-18(9-11-20)25(29)32-6-2/h8-11,15-16,22H,5-7,12-14,17H2,1-4H3,(H,27,34). The van der Waals surface area contributed by atoms with Gasteiger partial charge in [0.15, 0.2) is 16.6 Å². The number of unbranched alkanes of at least 4 members (excludes halogenated alkanes) is 1. The average molecular weight is 487 g/mol. The minimum absolute atomic E-state index is 0.102. The van der Waals surface area contributed by atoms with Gasteiger partial charge in [-0.25, -0.2) is 4.79 Å². The summed E-state index contributed by atoms with van der Waals surface area (Å²) < 4.78 is 22.3. The molecule has 34 heavy (non-hydrogen) atoms. The Bertz CT molecular complexity index is 980. The molecule has 1 atom stereocenters. The van der Waals surface area contributed by atoms with Crippen LogP contribution in [0.15, 0.2) is 36.4 Å². The molecule has 1 heterocycles. The van der Waals surface area contributed by atoms with Crippen LogP contribution in [0.5, 0.6) is 17.2 Å². The second-order valence-corrected chi connectivity index (χ2v) is 8.39. The first-order valence-corrected chi connectivity index (χ1v) is 12.1. The molecule has 0 saturated carbocycles. The zero-order valence-corrected chi connectivity index (χ0v) is 21.2. The Morgan fingerprint density at radius 1 is 1.12 bits per heavy atom. The fourth-order valence-corrected chi connectivity index (χ4v) is 4.32. The van der Waals surface area contributed by atoms with Crippen molar-refractivity contribution in [2.45, 2.75) is 39.2 Å². The SMILES string of the molecule is CCCCNC(=S)N1CCc2cc(OC)c(OC)cc2C1COc1ccc(C(=O)OCC)cc1. The number of nitrogens with one attached hydrogen (secondary N) is 1. The van der Waals surface area contributed by atoms with Gasteiger partial charge in [0.2, 0.25) is 0 Å². The van der Waals surface area contributed by atoms with Crippen LogP contribution in [-0.2, 0) is 11.2 Å². The fraction of sp³-hybridized carbons (Fsp3) is 0.462. The van der Waals surface area contributed by atoms with Crippen LogP contribution >= 0.6 is 12.2 Å². The quantitative estimate of drug-likeness (QED) is 0.298. The Balaban J connectivity index is 1.83. The van der Waals surface area contributed by atoms with Gasteiger partial charge in [-0.2, -0.15) is 0 Å². The molecule has 1 aliphatic heterocycles. The number of thiocarbonyl (C=S) groups is 1. The van der Waals surface area contributed by atoms with Gasteiger partial charge in [0, 0.05) is 13.1 Å². The number of carbonyl (C=O) groups is 1. The molecule has 1 N–H and O–H groups in total. The lowest BCUT2D eigenvalue weighted by Crippen LogP contribution is -2.47. The maximum atomic E-state index is 11.9. The predicted molar refractivity (Wildman–Crippen MR) is 136 cm³/mol. The molecule has 0 bridgehead atoms. The zero-order valence-electron chi connectivity index (χ0n) is 20.4. The Hall–Kier alpha value is -3.00. The van der Waals surface area contributed by atoms with Crippen molar-refractivity contribution in [3.8, 4) is 17.2 Å². The molecule has 0 aliphatic carbocycles. The molecule has 0 spiro atoms. The molecule has 7 nitrogen and oxygen atoms in total. The van der Waals surface area contributed by atoms with Crippen molar-refractivity contribution in [3.63, 3.8) is 0 Å². The topological polar surface area (TPSA) is 69.3 Å². The van der Waals surface area contributed by atoms with Gasteiger partial charge < -0.3 is 29.2 Å². The summed E-state index contributed by atoms with van der Waals surface area (Å²) in [5.41, 5.74) is 2.79. The summed E-state index contributed by atoms with van der Waals surface area (Å²) in [5, 5.41) is 4.11. The third kappa shape index (κ3) is 6.11. The summed E-state index contributed by atoms with van der Waals surface area (Å²) in [6.07, 6.45) is 3.00. The molecule has 0 fully saturated rings. The number of carbonyl (C=O) groups excluding carboxylic acids is 1. The Morgan fingerprint density at radius 2 is 1.82 bits per heavy atom. The number of esters is 1. The molecule has 1 unspecified atom stereocenters. The molecular weight excluding hydrogens is 452 g/mol.